The molecule has 13 heteroatoms. The van der Waals surface area contributed by atoms with Crippen LogP contribution in [0.4, 0.5) is 27.6 Å². The predicted molar refractivity (Wildman–Crippen MR) is 118 cm³/mol. The number of hydrogen-bond acceptors (Lipinski definition) is 7. The van der Waals surface area contributed by atoms with Gasteiger partial charge in [0.2, 0.25) is 5.43 Å². The molecule has 1 aliphatic heterocycles. The zero-order valence-corrected chi connectivity index (χ0v) is 18.6. The van der Waals surface area contributed by atoms with Crippen molar-refractivity contribution in [1.82, 2.24) is 0 Å². The Labute approximate surface area is 200 Å². The van der Waals surface area contributed by atoms with E-state index in [4.69, 9.17) is 4.42 Å². The fourth-order valence-electron chi connectivity index (χ4n) is 3.61. The number of carbonyl (C=O) groups excluding carboxylic acids is 1. The van der Waals surface area contributed by atoms with Crippen LogP contribution in [0.25, 0.3) is 33.4 Å². The lowest BCUT2D eigenvalue weighted by atomic mass is 9.89. The average molecular weight is 523 g/mol. The van der Waals surface area contributed by atoms with E-state index in [1.807, 2.05) is 0 Å². The molecule has 0 saturated heterocycles. The van der Waals surface area contributed by atoms with Crippen LogP contribution in [0.15, 0.2) is 43.5 Å². The van der Waals surface area contributed by atoms with Crippen LogP contribution >= 0.6 is 11.8 Å². The van der Waals surface area contributed by atoms with Crippen LogP contribution in [0.2, 0.25) is 0 Å². The van der Waals surface area contributed by atoms with Gasteiger partial charge in [-0.2, -0.15) is 0 Å². The Balaban J connectivity index is 2.29. The van der Waals surface area contributed by atoms with Crippen molar-refractivity contribution in [2.24, 2.45) is 5.18 Å². The summed E-state index contributed by atoms with van der Waals surface area (Å²) in [6.07, 6.45) is 0. The number of thioether (sulfide) groups is 1. The molecule has 0 fully saturated rings. The summed E-state index contributed by atoms with van der Waals surface area (Å²) in [4.78, 5) is 45.1. The normalized spacial score (nSPS) is 11.3. The van der Waals surface area contributed by atoms with Crippen LogP contribution in [-0.2, 0) is 4.79 Å². The maximum absolute atomic E-state index is 15.8. The SMILES string of the molecule is CC(=O)CSc1c(F)c(F)c(C(=O)O)c(-c2c3cc(F)c(=O)cc-3oc3cc(N=O)c(F)cc23)c1F. The third kappa shape index (κ3) is 4.00. The third-order valence-corrected chi connectivity index (χ3v) is 6.30. The quantitative estimate of drug-likeness (QED) is 0.108. The van der Waals surface area contributed by atoms with Gasteiger partial charge in [0, 0.05) is 34.2 Å². The van der Waals surface area contributed by atoms with Gasteiger partial charge >= 0.3 is 5.97 Å². The number of Topliss-reactive ketones (excluding diaryl/α,β-unsaturated/α-hetero) is 1. The summed E-state index contributed by atoms with van der Waals surface area (Å²) in [5.74, 6) is -11.9. The van der Waals surface area contributed by atoms with Crippen LogP contribution in [0.1, 0.15) is 17.3 Å². The standard InChI is InChI=1S/C23H10F5NO6S/c1-7(30)6-36-22-20(27)17(18(23(32)33)19(26)21(22)28)16-8-2-10(24)12(29-34)4-14(8)35-15-5-13(31)11(25)3-9(15)16/h2-5H,6H2,1H3,(H,32,33). The van der Waals surface area contributed by atoms with Crippen molar-refractivity contribution in [2.45, 2.75) is 11.8 Å². The Hall–Kier alpha value is -4.13. The number of carboxylic acids is 1. The summed E-state index contributed by atoms with van der Waals surface area (Å²) in [5, 5.41) is 11.6. The summed E-state index contributed by atoms with van der Waals surface area (Å²) in [5.41, 5.74) is -6.19. The molecule has 36 heavy (non-hydrogen) atoms. The van der Waals surface area contributed by atoms with Gasteiger partial charge in [0.1, 0.15) is 34.2 Å². The van der Waals surface area contributed by atoms with Crippen LogP contribution in [-0.4, -0.2) is 22.6 Å². The lowest BCUT2D eigenvalue weighted by Crippen LogP contribution is -2.12. The van der Waals surface area contributed by atoms with E-state index in [0.29, 0.717) is 18.2 Å². The van der Waals surface area contributed by atoms with Crippen LogP contribution < -0.4 is 5.43 Å². The van der Waals surface area contributed by atoms with E-state index < -0.39 is 102 Å². The van der Waals surface area contributed by atoms with E-state index in [2.05, 4.69) is 5.18 Å². The molecule has 2 aromatic carbocycles. The molecule has 1 aliphatic carbocycles. The smallest absolute Gasteiger partial charge is 0.339 e. The van der Waals surface area contributed by atoms with Crippen molar-refractivity contribution in [3.63, 3.8) is 0 Å². The molecule has 0 radical (unpaired) electrons. The van der Waals surface area contributed by atoms with Gasteiger partial charge in [-0.3, -0.25) is 9.59 Å². The number of ketones is 1. The first-order valence-electron chi connectivity index (χ1n) is 9.75. The molecule has 0 spiro atoms. The highest BCUT2D eigenvalue weighted by atomic mass is 32.2. The largest absolute Gasteiger partial charge is 0.478 e. The molecule has 4 rings (SSSR count). The second-order valence-corrected chi connectivity index (χ2v) is 8.45. The molecular formula is C23H10F5NO6S. The van der Waals surface area contributed by atoms with E-state index in [9.17, 15) is 37.6 Å². The van der Waals surface area contributed by atoms with Crippen LogP contribution in [0.5, 0.6) is 0 Å². The number of carboxylic acid groups (broad SMARTS) is 1. The van der Waals surface area contributed by atoms with E-state index >= 15 is 8.78 Å². The Bertz CT molecular complexity index is 1650. The topological polar surface area (TPSA) is 114 Å². The molecule has 0 amide bonds. The van der Waals surface area contributed by atoms with E-state index in [1.165, 1.54) is 0 Å². The highest BCUT2D eigenvalue weighted by molar-refractivity contribution is 8.00. The number of nitroso groups, excluding NO2 is 1. The maximum Gasteiger partial charge on any atom is 0.339 e. The van der Waals surface area contributed by atoms with Gasteiger partial charge in [0.15, 0.2) is 23.3 Å². The summed E-state index contributed by atoms with van der Waals surface area (Å²) in [6, 6.07) is 2.49. The lowest BCUT2D eigenvalue weighted by molar-refractivity contribution is -0.114. The molecule has 0 atom stereocenters. The van der Waals surface area contributed by atoms with Crippen molar-refractivity contribution in [3.8, 4) is 22.5 Å². The number of rotatable bonds is 6. The minimum atomic E-state index is -2.13. The third-order valence-electron chi connectivity index (χ3n) is 5.10. The maximum atomic E-state index is 15.8. The first-order valence-corrected chi connectivity index (χ1v) is 10.7. The highest BCUT2D eigenvalue weighted by Gasteiger charge is 2.33. The Morgan fingerprint density at radius 3 is 2.28 bits per heavy atom. The van der Waals surface area contributed by atoms with Crippen molar-refractivity contribution < 1.29 is 41.1 Å². The van der Waals surface area contributed by atoms with Crippen molar-refractivity contribution in [1.29, 1.82) is 0 Å². The summed E-state index contributed by atoms with van der Waals surface area (Å²) in [6.45, 7) is 1.09. The summed E-state index contributed by atoms with van der Waals surface area (Å²) < 4.78 is 79.7. The van der Waals surface area contributed by atoms with E-state index in [0.717, 1.165) is 13.0 Å². The first kappa shape index (κ1) is 25.0. The monoisotopic (exact) mass is 523 g/mol. The lowest BCUT2D eigenvalue weighted by Gasteiger charge is -2.19. The van der Waals surface area contributed by atoms with Crippen LogP contribution in [0.3, 0.4) is 0 Å². The molecule has 0 saturated carbocycles. The second-order valence-electron chi connectivity index (χ2n) is 7.46. The Kier molecular flexibility index (Phi) is 6.35. The van der Waals surface area contributed by atoms with E-state index in [1.54, 1.807) is 0 Å². The minimum absolute atomic E-state index is 0.240. The zero-order chi connectivity index (χ0) is 26.5. The highest BCUT2D eigenvalue weighted by Crippen LogP contribution is 2.46. The van der Waals surface area contributed by atoms with Gasteiger partial charge in [-0.05, 0) is 24.2 Å². The molecule has 0 aromatic heterocycles. The summed E-state index contributed by atoms with van der Waals surface area (Å²) in [7, 11) is 0. The molecule has 1 N–H and O–H groups in total. The number of benzene rings is 3. The molecule has 1 heterocycles. The van der Waals surface area contributed by atoms with Crippen molar-refractivity contribution in [3.05, 3.63) is 74.0 Å². The van der Waals surface area contributed by atoms with Gasteiger partial charge in [-0.1, -0.05) is 0 Å². The van der Waals surface area contributed by atoms with Gasteiger partial charge < -0.3 is 9.52 Å². The molecule has 0 unspecified atom stereocenters. The fourth-order valence-corrected chi connectivity index (χ4v) is 4.41. The molecule has 7 nitrogen and oxygen atoms in total. The molecule has 2 aliphatic rings. The molecule has 2 aromatic rings. The van der Waals surface area contributed by atoms with E-state index in [-0.39, 0.29) is 11.8 Å². The summed E-state index contributed by atoms with van der Waals surface area (Å²) >= 11 is 0.240. The predicted octanol–water partition coefficient (Wildman–Crippen LogP) is 6.04. The average Bonchev–Trinajstić information content (AvgIpc) is 2.80. The number of aromatic carboxylic acids is 1. The second kappa shape index (κ2) is 9.15. The Morgan fingerprint density at radius 1 is 0.972 bits per heavy atom. The van der Waals surface area contributed by atoms with Gasteiger partial charge in [-0.15, -0.1) is 16.7 Å². The first-order chi connectivity index (χ1) is 17.0. The number of carbonyl (C=O) groups is 2. The number of fused-ring (bicyclic) bond motifs is 2. The minimum Gasteiger partial charge on any atom is -0.478 e. The molecule has 184 valence electrons. The van der Waals surface area contributed by atoms with Crippen LogP contribution in [0, 0.1) is 34.0 Å². The van der Waals surface area contributed by atoms with Gasteiger partial charge in [-0.25, -0.2) is 26.7 Å². The van der Waals surface area contributed by atoms with Crippen molar-refractivity contribution >= 4 is 40.2 Å². The zero-order valence-electron chi connectivity index (χ0n) is 17.8. The van der Waals surface area contributed by atoms with Gasteiger partial charge in [0.05, 0.1) is 10.6 Å². The van der Waals surface area contributed by atoms with Crippen molar-refractivity contribution in [2.75, 3.05) is 5.75 Å². The van der Waals surface area contributed by atoms with Gasteiger partial charge in [0.25, 0.3) is 0 Å². The molecule has 0 bridgehead atoms. The molecular weight excluding hydrogens is 513 g/mol. The number of halogens is 5. The number of nitrogens with zero attached hydrogens (tertiary/aromatic N) is 1. The fraction of sp³-hybridized carbons (Fsp3) is 0.0870. The number of hydrogen-bond donors (Lipinski definition) is 1. The Morgan fingerprint density at radius 2 is 1.67 bits per heavy atom.